The van der Waals surface area contributed by atoms with Crippen LogP contribution in [0.1, 0.15) is 40.0 Å². The number of morpholine rings is 1. The van der Waals surface area contributed by atoms with E-state index in [9.17, 15) is 4.79 Å². The van der Waals surface area contributed by atoms with Crippen molar-refractivity contribution < 1.29 is 14.3 Å². The molecule has 1 heterocycles. The number of amides is 1. The van der Waals surface area contributed by atoms with Gasteiger partial charge in [-0.1, -0.05) is 0 Å². The summed E-state index contributed by atoms with van der Waals surface area (Å²) < 4.78 is 11.4. The van der Waals surface area contributed by atoms with Crippen LogP contribution >= 0.6 is 0 Å². The molecule has 0 unspecified atom stereocenters. The fourth-order valence-electron chi connectivity index (χ4n) is 2.73. The lowest BCUT2D eigenvalue weighted by Gasteiger charge is -2.41. The van der Waals surface area contributed by atoms with E-state index in [-0.39, 0.29) is 24.3 Å². The summed E-state index contributed by atoms with van der Waals surface area (Å²) in [6.45, 7) is 6.66. The first-order valence-electron chi connectivity index (χ1n) is 6.76. The highest BCUT2D eigenvalue weighted by atomic mass is 16.6. The van der Waals surface area contributed by atoms with Crippen molar-refractivity contribution in [2.75, 3.05) is 13.1 Å². The summed E-state index contributed by atoms with van der Waals surface area (Å²) in [6.07, 6.45) is 2.96. The highest BCUT2D eigenvalue weighted by molar-refractivity contribution is 5.69. The van der Waals surface area contributed by atoms with Crippen LogP contribution < -0.4 is 5.73 Å². The average Bonchev–Trinajstić information content (AvgIpc) is 2.72. The zero-order chi connectivity index (χ0) is 13.3. The zero-order valence-corrected chi connectivity index (χ0v) is 11.5. The van der Waals surface area contributed by atoms with Crippen LogP contribution in [-0.2, 0) is 9.47 Å². The maximum Gasteiger partial charge on any atom is 0.410 e. The smallest absolute Gasteiger partial charge is 0.410 e. The number of carbonyl (C=O) groups is 1. The Balaban J connectivity index is 2.06. The van der Waals surface area contributed by atoms with Crippen LogP contribution in [0.15, 0.2) is 0 Å². The molecule has 1 saturated heterocycles. The quantitative estimate of drug-likeness (QED) is 0.772. The van der Waals surface area contributed by atoms with Gasteiger partial charge in [0, 0.05) is 6.54 Å². The van der Waals surface area contributed by atoms with E-state index >= 15 is 0 Å². The maximum atomic E-state index is 12.2. The molecule has 0 radical (unpaired) electrons. The average molecular weight is 256 g/mol. The van der Waals surface area contributed by atoms with E-state index in [2.05, 4.69) is 0 Å². The molecule has 2 rings (SSSR count). The lowest BCUT2D eigenvalue weighted by molar-refractivity contribution is -0.103. The van der Waals surface area contributed by atoms with Crippen LogP contribution in [0.3, 0.4) is 0 Å². The number of rotatable bonds is 1. The monoisotopic (exact) mass is 256 g/mol. The van der Waals surface area contributed by atoms with Gasteiger partial charge < -0.3 is 15.2 Å². The van der Waals surface area contributed by atoms with Gasteiger partial charge in [-0.3, -0.25) is 4.90 Å². The fraction of sp³-hybridized carbons (Fsp3) is 0.923. The van der Waals surface area contributed by atoms with Crippen molar-refractivity contribution in [1.29, 1.82) is 0 Å². The molecule has 5 heteroatoms. The molecule has 1 amide bonds. The summed E-state index contributed by atoms with van der Waals surface area (Å²) in [5, 5.41) is 0. The molecular weight excluding hydrogens is 232 g/mol. The van der Waals surface area contributed by atoms with Crippen molar-refractivity contribution in [3.05, 3.63) is 0 Å². The first-order valence-corrected chi connectivity index (χ1v) is 6.76. The number of hydrogen-bond donors (Lipinski definition) is 1. The molecule has 0 aromatic rings. The molecule has 1 saturated carbocycles. The molecule has 2 aliphatic rings. The number of ether oxygens (including phenoxy) is 2. The first-order chi connectivity index (χ1) is 8.40. The molecule has 0 aromatic carbocycles. The Bertz CT molecular complexity index is 314. The Morgan fingerprint density at radius 1 is 1.44 bits per heavy atom. The Kier molecular flexibility index (Phi) is 3.82. The second-order valence-corrected chi connectivity index (χ2v) is 6.16. The summed E-state index contributed by atoms with van der Waals surface area (Å²) >= 11 is 0. The standard InChI is InChI=1S/C13H24N2O3/c1-13(2,3)18-12(16)15-8-9(7-14)17-11-6-4-5-10(11)15/h9-11H,4-8,14H2,1-3H3/t9-,10+,11+/m1/s1. The molecule has 18 heavy (non-hydrogen) atoms. The van der Waals surface area contributed by atoms with Crippen molar-refractivity contribution >= 4 is 6.09 Å². The van der Waals surface area contributed by atoms with Crippen molar-refractivity contribution in [1.82, 2.24) is 4.90 Å². The van der Waals surface area contributed by atoms with E-state index < -0.39 is 5.60 Å². The zero-order valence-electron chi connectivity index (χ0n) is 11.5. The van der Waals surface area contributed by atoms with Crippen molar-refractivity contribution in [3.63, 3.8) is 0 Å². The van der Waals surface area contributed by atoms with Gasteiger partial charge in [0.1, 0.15) is 5.60 Å². The Morgan fingerprint density at radius 2 is 2.17 bits per heavy atom. The van der Waals surface area contributed by atoms with E-state index in [0.29, 0.717) is 13.1 Å². The van der Waals surface area contributed by atoms with E-state index in [4.69, 9.17) is 15.2 Å². The van der Waals surface area contributed by atoms with E-state index in [0.717, 1.165) is 19.3 Å². The SMILES string of the molecule is CC(C)(C)OC(=O)N1C[C@@H](CN)O[C@H]2CCC[C@@H]21. The minimum absolute atomic E-state index is 0.0585. The van der Waals surface area contributed by atoms with Gasteiger partial charge in [-0.05, 0) is 40.0 Å². The highest BCUT2D eigenvalue weighted by Gasteiger charge is 2.42. The number of nitrogens with zero attached hydrogens (tertiary/aromatic N) is 1. The van der Waals surface area contributed by atoms with Gasteiger partial charge in [-0.2, -0.15) is 0 Å². The predicted octanol–water partition coefficient (Wildman–Crippen LogP) is 1.50. The second-order valence-electron chi connectivity index (χ2n) is 6.16. The van der Waals surface area contributed by atoms with E-state index in [1.54, 1.807) is 0 Å². The lowest BCUT2D eigenvalue weighted by Crippen LogP contribution is -2.57. The molecule has 5 nitrogen and oxygen atoms in total. The van der Waals surface area contributed by atoms with Crippen LogP contribution in [0.5, 0.6) is 0 Å². The van der Waals surface area contributed by atoms with Gasteiger partial charge in [0.05, 0.1) is 24.8 Å². The highest BCUT2D eigenvalue weighted by Crippen LogP contribution is 2.32. The van der Waals surface area contributed by atoms with Gasteiger partial charge in [0.25, 0.3) is 0 Å². The third-order valence-electron chi connectivity index (χ3n) is 3.48. The van der Waals surface area contributed by atoms with Crippen molar-refractivity contribution in [2.24, 2.45) is 5.73 Å². The molecule has 3 atom stereocenters. The van der Waals surface area contributed by atoms with Gasteiger partial charge in [-0.25, -0.2) is 4.79 Å². The number of hydrogen-bond acceptors (Lipinski definition) is 4. The largest absolute Gasteiger partial charge is 0.444 e. The molecular formula is C13H24N2O3. The maximum absolute atomic E-state index is 12.2. The molecule has 1 aliphatic carbocycles. The Hall–Kier alpha value is -0.810. The Morgan fingerprint density at radius 3 is 2.78 bits per heavy atom. The van der Waals surface area contributed by atoms with Gasteiger partial charge >= 0.3 is 6.09 Å². The van der Waals surface area contributed by atoms with Gasteiger partial charge in [0.2, 0.25) is 0 Å². The molecule has 104 valence electrons. The Labute approximate surface area is 109 Å². The van der Waals surface area contributed by atoms with Crippen LogP contribution in [-0.4, -0.2) is 47.9 Å². The lowest BCUT2D eigenvalue weighted by atomic mass is 10.1. The second kappa shape index (κ2) is 5.05. The number of nitrogens with two attached hydrogens (primary N) is 1. The predicted molar refractivity (Wildman–Crippen MR) is 68.3 cm³/mol. The minimum atomic E-state index is -0.457. The summed E-state index contributed by atoms with van der Waals surface area (Å²) in [5.41, 5.74) is 5.22. The summed E-state index contributed by atoms with van der Waals surface area (Å²) in [5.74, 6) is 0. The van der Waals surface area contributed by atoms with E-state index in [1.165, 1.54) is 0 Å². The molecule has 1 aliphatic heterocycles. The van der Waals surface area contributed by atoms with Crippen LogP contribution in [0.2, 0.25) is 0 Å². The third-order valence-corrected chi connectivity index (χ3v) is 3.48. The molecule has 2 fully saturated rings. The van der Waals surface area contributed by atoms with Gasteiger partial charge in [-0.15, -0.1) is 0 Å². The van der Waals surface area contributed by atoms with Crippen LogP contribution in [0, 0.1) is 0 Å². The van der Waals surface area contributed by atoms with Crippen LogP contribution in [0.25, 0.3) is 0 Å². The molecule has 0 aromatic heterocycles. The molecule has 0 bridgehead atoms. The summed E-state index contributed by atoms with van der Waals surface area (Å²) in [6, 6.07) is 0.169. The minimum Gasteiger partial charge on any atom is -0.444 e. The number of carbonyl (C=O) groups excluding carboxylic acids is 1. The summed E-state index contributed by atoms with van der Waals surface area (Å²) in [7, 11) is 0. The van der Waals surface area contributed by atoms with E-state index in [1.807, 2.05) is 25.7 Å². The first kappa shape index (κ1) is 13.6. The topological polar surface area (TPSA) is 64.8 Å². The third kappa shape index (κ3) is 2.95. The van der Waals surface area contributed by atoms with Gasteiger partial charge in [0.15, 0.2) is 0 Å². The normalized spacial score (nSPS) is 32.2. The van der Waals surface area contributed by atoms with Crippen LogP contribution in [0.4, 0.5) is 4.79 Å². The number of fused-ring (bicyclic) bond motifs is 1. The van der Waals surface area contributed by atoms with Crippen molar-refractivity contribution in [3.8, 4) is 0 Å². The molecule has 0 spiro atoms. The van der Waals surface area contributed by atoms with Crippen molar-refractivity contribution in [2.45, 2.75) is 63.9 Å². The summed E-state index contributed by atoms with van der Waals surface area (Å²) in [4.78, 5) is 14.0. The molecule has 2 N–H and O–H groups in total. The fourth-order valence-corrected chi connectivity index (χ4v) is 2.73.